The Balaban J connectivity index is 1.51. The molecule has 0 amide bonds. The molecule has 6 heteroatoms. The zero-order chi connectivity index (χ0) is 15.5. The second-order valence-corrected chi connectivity index (χ2v) is 6.86. The van der Waals surface area contributed by atoms with E-state index in [1.807, 2.05) is 18.6 Å². The van der Waals surface area contributed by atoms with Gasteiger partial charge in [0.25, 0.3) is 0 Å². The minimum Gasteiger partial charge on any atom is -0.322 e. The molecule has 1 fully saturated rings. The van der Waals surface area contributed by atoms with Gasteiger partial charge in [-0.3, -0.25) is 4.90 Å². The maximum atomic E-state index is 4.54. The molecule has 0 aromatic carbocycles. The molecule has 23 heavy (non-hydrogen) atoms. The van der Waals surface area contributed by atoms with E-state index >= 15 is 0 Å². The number of likely N-dealkylation sites (tertiary alicyclic amines) is 1. The van der Waals surface area contributed by atoms with Crippen LogP contribution in [0, 0.1) is 0 Å². The first-order valence-corrected chi connectivity index (χ1v) is 8.91. The third-order valence-electron chi connectivity index (χ3n) is 4.19. The summed E-state index contributed by atoms with van der Waals surface area (Å²) in [6.07, 6.45) is 12.0. The Morgan fingerprint density at radius 1 is 1.13 bits per heavy atom. The van der Waals surface area contributed by atoms with Crippen molar-refractivity contribution in [3.05, 3.63) is 54.4 Å². The molecule has 2 aliphatic heterocycles. The smallest absolute Gasteiger partial charge is 0.133 e. The highest BCUT2D eigenvalue weighted by atomic mass is 32.2. The van der Waals surface area contributed by atoms with Crippen LogP contribution in [0.2, 0.25) is 0 Å². The number of aromatic nitrogens is 3. The summed E-state index contributed by atoms with van der Waals surface area (Å²) in [5.74, 6) is 1.89. The van der Waals surface area contributed by atoms with Crippen molar-refractivity contribution in [1.29, 1.82) is 0 Å². The van der Waals surface area contributed by atoms with Crippen molar-refractivity contribution in [2.45, 2.75) is 19.4 Å². The van der Waals surface area contributed by atoms with E-state index in [0.717, 1.165) is 23.8 Å². The molecule has 2 aliphatic rings. The van der Waals surface area contributed by atoms with Crippen molar-refractivity contribution in [2.75, 3.05) is 23.9 Å². The van der Waals surface area contributed by atoms with Gasteiger partial charge in [0.1, 0.15) is 12.1 Å². The number of nitrogens with zero attached hydrogens (tertiary/aromatic N) is 5. The minimum absolute atomic E-state index is 0.879. The Morgan fingerprint density at radius 3 is 2.78 bits per heavy atom. The van der Waals surface area contributed by atoms with E-state index in [0.29, 0.717) is 0 Å². The highest BCUT2D eigenvalue weighted by molar-refractivity contribution is 8.08. The van der Waals surface area contributed by atoms with Crippen LogP contribution in [0.1, 0.15) is 24.0 Å². The fourth-order valence-electron chi connectivity index (χ4n) is 2.99. The lowest BCUT2D eigenvalue weighted by Gasteiger charge is -2.17. The van der Waals surface area contributed by atoms with Gasteiger partial charge in [0.2, 0.25) is 0 Å². The van der Waals surface area contributed by atoms with Gasteiger partial charge in [0, 0.05) is 41.8 Å². The van der Waals surface area contributed by atoms with Gasteiger partial charge in [-0.05, 0) is 43.6 Å². The Hall–Kier alpha value is -1.92. The summed E-state index contributed by atoms with van der Waals surface area (Å²) in [6.45, 7) is 3.46. The number of anilines is 1. The van der Waals surface area contributed by atoms with Crippen LogP contribution in [0.25, 0.3) is 4.91 Å². The van der Waals surface area contributed by atoms with E-state index in [4.69, 9.17) is 0 Å². The minimum atomic E-state index is 0.879. The molecule has 0 aliphatic carbocycles. The van der Waals surface area contributed by atoms with Crippen molar-refractivity contribution in [3.63, 3.8) is 0 Å². The van der Waals surface area contributed by atoms with Crippen LogP contribution in [-0.4, -0.2) is 38.8 Å². The quantitative estimate of drug-likeness (QED) is 0.861. The average Bonchev–Trinajstić information content (AvgIpc) is 3.28. The molecule has 0 atom stereocenters. The summed E-state index contributed by atoms with van der Waals surface area (Å²) >= 11 is 1.79. The lowest BCUT2D eigenvalue weighted by molar-refractivity contribution is 0.331. The summed E-state index contributed by atoms with van der Waals surface area (Å²) in [5, 5.41) is 0. The Labute approximate surface area is 140 Å². The molecular formula is C17H19N5S. The largest absolute Gasteiger partial charge is 0.322 e. The molecule has 2 aromatic rings. The van der Waals surface area contributed by atoms with E-state index in [-0.39, 0.29) is 0 Å². The first kappa shape index (κ1) is 14.7. The van der Waals surface area contributed by atoms with Gasteiger partial charge in [0.15, 0.2) is 0 Å². The normalized spacial score (nSPS) is 18.4. The highest BCUT2D eigenvalue weighted by Gasteiger charge is 2.18. The van der Waals surface area contributed by atoms with Gasteiger partial charge in [-0.25, -0.2) is 15.0 Å². The second kappa shape index (κ2) is 6.68. The molecule has 0 N–H and O–H groups in total. The summed E-state index contributed by atoms with van der Waals surface area (Å²) in [5.41, 5.74) is 2.40. The third kappa shape index (κ3) is 3.38. The molecule has 4 rings (SSSR count). The number of thioether (sulfide) groups is 1. The van der Waals surface area contributed by atoms with Crippen LogP contribution < -0.4 is 4.90 Å². The van der Waals surface area contributed by atoms with E-state index < -0.39 is 0 Å². The fraction of sp³-hybridized carbons (Fsp3) is 0.353. The lowest BCUT2D eigenvalue weighted by atomic mass is 10.2. The maximum Gasteiger partial charge on any atom is 0.133 e. The first-order valence-electron chi connectivity index (χ1n) is 7.92. The van der Waals surface area contributed by atoms with E-state index in [9.17, 15) is 0 Å². The Bertz CT molecular complexity index is 697. The third-order valence-corrected chi connectivity index (χ3v) is 5.25. The molecule has 5 nitrogen and oxygen atoms in total. The van der Waals surface area contributed by atoms with E-state index in [2.05, 4.69) is 43.1 Å². The van der Waals surface area contributed by atoms with E-state index in [1.54, 1.807) is 18.1 Å². The van der Waals surface area contributed by atoms with Crippen molar-refractivity contribution < 1.29 is 0 Å². The zero-order valence-corrected chi connectivity index (χ0v) is 13.7. The molecule has 0 spiro atoms. The van der Waals surface area contributed by atoms with Crippen LogP contribution in [0.4, 0.5) is 5.82 Å². The average molecular weight is 325 g/mol. The SMILES string of the molecule is C1=C(c2cncnc2)SCN1c1cc(CN2CCCC2)ccn1. The summed E-state index contributed by atoms with van der Waals surface area (Å²) in [6, 6.07) is 4.33. The molecule has 0 bridgehead atoms. The molecule has 1 saturated heterocycles. The van der Waals surface area contributed by atoms with Crippen LogP contribution in [0.3, 0.4) is 0 Å². The van der Waals surface area contributed by atoms with Gasteiger partial charge in [-0.2, -0.15) is 0 Å². The van der Waals surface area contributed by atoms with Crippen molar-refractivity contribution in [1.82, 2.24) is 19.9 Å². The van der Waals surface area contributed by atoms with Gasteiger partial charge in [-0.15, -0.1) is 11.8 Å². The number of hydrogen-bond donors (Lipinski definition) is 0. The maximum absolute atomic E-state index is 4.54. The fourth-order valence-corrected chi connectivity index (χ4v) is 3.95. The first-order chi connectivity index (χ1) is 11.4. The monoisotopic (exact) mass is 325 g/mol. The number of rotatable bonds is 4. The van der Waals surface area contributed by atoms with Crippen molar-refractivity contribution in [2.24, 2.45) is 0 Å². The predicted octanol–water partition coefficient (Wildman–Crippen LogP) is 2.98. The predicted molar refractivity (Wildman–Crippen MR) is 93.7 cm³/mol. The second-order valence-electron chi connectivity index (χ2n) is 5.87. The summed E-state index contributed by atoms with van der Waals surface area (Å²) < 4.78 is 0. The Kier molecular flexibility index (Phi) is 4.26. The lowest BCUT2D eigenvalue weighted by Crippen LogP contribution is -2.19. The van der Waals surface area contributed by atoms with Crippen LogP contribution in [0.15, 0.2) is 43.3 Å². The molecule has 2 aromatic heterocycles. The van der Waals surface area contributed by atoms with Gasteiger partial charge in [-0.1, -0.05) is 0 Å². The number of pyridine rings is 1. The zero-order valence-electron chi connectivity index (χ0n) is 12.9. The van der Waals surface area contributed by atoms with Crippen molar-refractivity contribution in [3.8, 4) is 0 Å². The van der Waals surface area contributed by atoms with Crippen LogP contribution in [-0.2, 0) is 6.54 Å². The van der Waals surface area contributed by atoms with Gasteiger partial charge >= 0.3 is 0 Å². The summed E-state index contributed by atoms with van der Waals surface area (Å²) in [4.78, 5) is 18.6. The molecule has 0 unspecified atom stereocenters. The highest BCUT2D eigenvalue weighted by Crippen LogP contribution is 2.35. The van der Waals surface area contributed by atoms with Crippen molar-refractivity contribution >= 4 is 22.5 Å². The van der Waals surface area contributed by atoms with E-state index in [1.165, 1.54) is 36.4 Å². The number of hydrogen-bond acceptors (Lipinski definition) is 6. The molecule has 118 valence electrons. The standard InChI is InChI=1S/C17H19N5S/c1-2-6-21(5-1)10-14-3-4-20-17(7-14)22-11-16(23-13-22)15-8-18-12-19-9-15/h3-4,7-9,11-12H,1-2,5-6,10,13H2. The molecular weight excluding hydrogens is 306 g/mol. The van der Waals surface area contributed by atoms with Crippen LogP contribution in [0.5, 0.6) is 0 Å². The summed E-state index contributed by atoms with van der Waals surface area (Å²) in [7, 11) is 0. The van der Waals surface area contributed by atoms with Gasteiger partial charge < -0.3 is 4.90 Å². The topological polar surface area (TPSA) is 45.2 Å². The molecule has 0 radical (unpaired) electrons. The van der Waals surface area contributed by atoms with Crippen LogP contribution >= 0.6 is 11.8 Å². The Morgan fingerprint density at radius 2 is 1.96 bits per heavy atom. The molecule has 4 heterocycles. The van der Waals surface area contributed by atoms with Gasteiger partial charge in [0.05, 0.1) is 5.88 Å². The molecule has 0 saturated carbocycles.